The SMILES string of the molecule is CCCCOC1(c2ccccc2C)CN(C(=O)[C@@H](Cc2ccc(OC)cc2)N(C(=O)O)C(C)(C)C)C1. The fourth-order valence-corrected chi connectivity index (χ4v) is 4.93. The van der Waals surface area contributed by atoms with Gasteiger partial charge >= 0.3 is 6.09 Å². The van der Waals surface area contributed by atoms with E-state index in [2.05, 4.69) is 26.0 Å². The zero-order valence-corrected chi connectivity index (χ0v) is 22.4. The minimum atomic E-state index is -1.11. The number of aryl methyl sites for hydroxylation is 1. The molecule has 1 heterocycles. The average Bonchev–Trinajstić information content (AvgIpc) is 2.80. The average molecular weight is 497 g/mol. The Bertz CT molecular complexity index is 1040. The van der Waals surface area contributed by atoms with E-state index in [4.69, 9.17) is 9.47 Å². The highest BCUT2D eigenvalue weighted by molar-refractivity contribution is 5.87. The standard InChI is InChI=1S/C29H40N2O5/c1-7-8-17-36-29(24-12-10-9-11-21(24)2)19-30(20-29)26(32)25(31(27(33)34)28(3,4)5)18-22-13-15-23(35-6)16-14-22/h9-16,25H,7-8,17-20H2,1-6H3,(H,33,34)/t25-/m1/s1. The molecule has 0 bridgehead atoms. The molecule has 1 fully saturated rings. The molecule has 0 aromatic heterocycles. The van der Waals surface area contributed by atoms with Crippen LogP contribution in [0.3, 0.4) is 0 Å². The first-order valence-corrected chi connectivity index (χ1v) is 12.7. The first-order valence-electron chi connectivity index (χ1n) is 12.7. The molecule has 2 amide bonds. The van der Waals surface area contributed by atoms with Crippen molar-refractivity contribution in [2.75, 3.05) is 26.8 Å². The number of nitrogens with zero attached hydrogens (tertiary/aromatic N) is 2. The lowest BCUT2D eigenvalue weighted by atomic mass is 9.82. The first-order chi connectivity index (χ1) is 17.0. The number of carbonyl (C=O) groups is 2. The Hall–Kier alpha value is -3.06. The van der Waals surface area contributed by atoms with Crippen LogP contribution in [0.5, 0.6) is 5.75 Å². The van der Waals surface area contributed by atoms with E-state index >= 15 is 0 Å². The summed E-state index contributed by atoms with van der Waals surface area (Å²) in [5.41, 5.74) is 1.75. The maximum atomic E-state index is 13.9. The third kappa shape index (κ3) is 6.01. The van der Waals surface area contributed by atoms with Crippen molar-refractivity contribution in [3.8, 4) is 5.75 Å². The van der Waals surface area contributed by atoms with Gasteiger partial charge in [0.25, 0.3) is 0 Å². The van der Waals surface area contributed by atoms with Gasteiger partial charge in [-0.05, 0) is 62.9 Å². The number of hydrogen-bond donors (Lipinski definition) is 1. The van der Waals surface area contributed by atoms with Crippen LogP contribution < -0.4 is 4.74 Å². The van der Waals surface area contributed by atoms with Gasteiger partial charge in [0.2, 0.25) is 5.91 Å². The third-order valence-corrected chi connectivity index (χ3v) is 6.83. The lowest BCUT2D eigenvalue weighted by molar-refractivity contribution is -0.178. The fraction of sp³-hybridized carbons (Fsp3) is 0.517. The molecule has 1 N–H and O–H groups in total. The summed E-state index contributed by atoms with van der Waals surface area (Å²) in [5, 5.41) is 10.1. The molecule has 2 aromatic rings. The summed E-state index contributed by atoms with van der Waals surface area (Å²) in [5.74, 6) is 0.508. The zero-order chi connectivity index (χ0) is 26.5. The van der Waals surface area contributed by atoms with Crippen molar-refractivity contribution in [3.05, 3.63) is 65.2 Å². The highest BCUT2D eigenvalue weighted by Gasteiger charge is 2.51. The van der Waals surface area contributed by atoms with E-state index in [0.29, 0.717) is 25.4 Å². The number of ether oxygens (including phenoxy) is 2. The second-order valence-corrected chi connectivity index (χ2v) is 10.6. The maximum absolute atomic E-state index is 13.9. The van der Waals surface area contributed by atoms with E-state index < -0.39 is 23.3 Å². The fourth-order valence-electron chi connectivity index (χ4n) is 4.93. The molecule has 7 nitrogen and oxygen atoms in total. The first kappa shape index (κ1) is 27.5. The van der Waals surface area contributed by atoms with Crippen LogP contribution in [-0.2, 0) is 21.6 Å². The van der Waals surface area contributed by atoms with Crippen LogP contribution in [0, 0.1) is 6.92 Å². The van der Waals surface area contributed by atoms with E-state index in [1.165, 1.54) is 4.90 Å². The van der Waals surface area contributed by atoms with Crippen molar-refractivity contribution in [2.24, 2.45) is 0 Å². The van der Waals surface area contributed by atoms with E-state index in [0.717, 1.165) is 29.5 Å². The van der Waals surface area contributed by atoms with Crippen LogP contribution in [0.1, 0.15) is 57.2 Å². The summed E-state index contributed by atoms with van der Waals surface area (Å²) in [6, 6.07) is 14.7. The van der Waals surface area contributed by atoms with Gasteiger partial charge in [0.15, 0.2) is 0 Å². The Balaban J connectivity index is 1.90. The molecule has 2 aromatic carbocycles. The summed E-state index contributed by atoms with van der Waals surface area (Å²) in [6.07, 6.45) is 1.13. The summed E-state index contributed by atoms with van der Waals surface area (Å²) in [6.45, 7) is 11.0. The largest absolute Gasteiger partial charge is 0.497 e. The van der Waals surface area contributed by atoms with Crippen LogP contribution in [0.2, 0.25) is 0 Å². The Morgan fingerprint density at radius 3 is 2.28 bits per heavy atom. The minimum Gasteiger partial charge on any atom is -0.497 e. The highest BCUT2D eigenvalue weighted by atomic mass is 16.5. The molecule has 1 aliphatic heterocycles. The second kappa shape index (κ2) is 11.3. The van der Waals surface area contributed by atoms with Gasteiger partial charge in [0, 0.05) is 18.6 Å². The van der Waals surface area contributed by atoms with E-state index in [1.54, 1.807) is 12.0 Å². The van der Waals surface area contributed by atoms with Crippen molar-refractivity contribution in [3.63, 3.8) is 0 Å². The lowest BCUT2D eigenvalue weighted by Crippen LogP contribution is -2.67. The summed E-state index contributed by atoms with van der Waals surface area (Å²) in [4.78, 5) is 29.3. The van der Waals surface area contributed by atoms with Gasteiger partial charge in [-0.3, -0.25) is 9.69 Å². The minimum absolute atomic E-state index is 0.202. The van der Waals surface area contributed by atoms with Gasteiger partial charge < -0.3 is 19.5 Å². The molecule has 7 heteroatoms. The Labute approximate surface area is 215 Å². The van der Waals surface area contributed by atoms with Crippen molar-refractivity contribution in [2.45, 2.75) is 71.1 Å². The van der Waals surface area contributed by atoms with Gasteiger partial charge in [-0.25, -0.2) is 4.79 Å². The van der Waals surface area contributed by atoms with Gasteiger partial charge in [-0.1, -0.05) is 49.7 Å². The van der Waals surface area contributed by atoms with Gasteiger partial charge in [0.05, 0.1) is 20.2 Å². The molecule has 0 radical (unpaired) electrons. The van der Waals surface area contributed by atoms with E-state index in [1.807, 2.05) is 57.2 Å². The monoisotopic (exact) mass is 496 g/mol. The summed E-state index contributed by atoms with van der Waals surface area (Å²) >= 11 is 0. The normalized spacial score (nSPS) is 15.7. The van der Waals surface area contributed by atoms with Gasteiger partial charge in [-0.15, -0.1) is 0 Å². The number of carboxylic acid groups (broad SMARTS) is 1. The topological polar surface area (TPSA) is 79.3 Å². The van der Waals surface area contributed by atoms with Gasteiger partial charge in [0.1, 0.15) is 17.4 Å². The van der Waals surface area contributed by atoms with Crippen molar-refractivity contribution >= 4 is 12.0 Å². The smallest absolute Gasteiger partial charge is 0.408 e. The van der Waals surface area contributed by atoms with Crippen LogP contribution in [0.4, 0.5) is 4.79 Å². The Morgan fingerprint density at radius 2 is 1.75 bits per heavy atom. The predicted octanol–water partition coefficient (Wildman–Crippen LogP) is 5.25. The van der Waals surface area contributed by atoms with Gasteiger partial charge in [-0.2, -0.15) is 0 Å². The number of methoxy groups -OCH3 is 1. The molecule has 1 saturated heterocycles. The van der Waals surface area contributed by atoms with Crippen molar-refractivity contribution in [1.82, 2.24) is 9.80 Å². The van der Waals surface area contributed by atoms with E-state index in [9.17, 15) is 14.7 Å². The molecule has 196 valence electrons. The zero-order valence-electron chi connectivity index (χ0n) is 22.4. The number of likely N-dealkylation sites (tertiary alicyclic amines) is 1. The molecule has 0 saturated carbocycles. The lowest BCUT2D eigenvalue weighted by Gasteiger charge is -2.52. The number of rotatable bonds is 10. The molecule has 0 unspecified atom stereocenters. The van der Waals surface area contributed by atoms with Crippen LogP contribution in [-0.4, -0.2) is 65.3 Å². The third-order valence-electron chi connectivity index (χ3n) is 6.83. The Kier molecular flexibility index (Phi) is 8.67. The molecule has 0 aliphatic carbocycles. The number of carbonyl (C=O) groups excluding carboxylic acids is 1. The van der Waals surface area contributed by atoms with Crippen LogP contribution >= 0.6 is 0 Å². The van der Waals surface area contributed by atoms with Crippen molar-refractivity contribution < 1.29 is 24.2 Å². The van der Waals surface area contributed by atoms with Crippen molar-refractivity contribution in [1.29, 1.82) is 0 Å². The van der Waals surface area contributed by atoms with Crippen LogP contribution in [0.15, 0.2) is 48.5 Å². The quantitative estimate of drug-likeness (QED) is 0.455. The maximum Gasteiger partial charge on any atom is 0.408 e. The van der Waals surface area contributed by atoms with Crippen LogP contribution in [0.25, 0.3) is 0 Å². The molecule has 0 spiro atoms. The molecule has 1 aliphatic rings. The second-order valence-electron chi connectivity index (χ2n) is 10.6. The highest BCUT2D eigenvalue weighted by Crippen LogP contribution is 2.39. The Morgan fingerprint density at radius 1 is 1.11 bits per heavy atom. The molecule has 36 heavy (non-hydrogen) atoms. The number of benzene rings is 2. The molecular weight excluding hydrogens is 456 g/mol. The molecular formula is C29H40N2O5. The summed E-state index contributed by atoms with van der Waals surface area (Å²) in [7, 11) is 1.60. The molecule has 1 atom stereocenters. The number of unbranched alkanes of at least 4 members (excludes halogenated alkanes) is 1. The number of amides is 2. The predicted molar refractivity (Wildman–Crippen MR) is 140 cm³/mol. The van der Waals surface area contributed by atoms with E-state index in [-0.39, 0.29) is 12.3 Å². The summed E-state index contributed by atoms with van der Waals surface area (Å²) < 4.78 is 11.7. The number of hydrogen-bond acceptors (Lipinski definition) is 4. The molecule has 3 rings (SSSR count).